The first-order chi connectivity index (χ1) is 16.3. The maximum atomic E-state index is 10.6. The molecule has 0 atom stereocenters. The van der Waals surface area contributed by atoms with Gasteiger partial charge >= 0.3 is 0 Å². The number of aromatic nitrogens is 4. The van der Waals surface area contributed by atoms with Crippen LogP contribution in [0.1, 0.15) is 44.6 Å². The van der Waals surface area contributed by atoms with E-state index in [1.165, 1.54) is 30.5 Å². The van der Waals surface area contributed by atoms with Crippen molar-refractivity contribution in [3.8, 4) is 22.8 Å². The van der Waals surface area contributed by atoms with E-state index in [0.29, 0.717) is 24.7 Å². The number of piperidine rings is 1. The molecule has 5 rings (SSSR count). The van der Waals surface area contributed by atoms with E-state index in [1.54, 1.807) is 0 Å². The molecular weight excluding hydrogens is 414 g/mol. The van der Waals surface area contributed by atoms with E-state index in [9.17, 15) is 4.79 Å². The van der Waals surface area contributed by atoms with Gasteiger partial charge in [0.15, 0.2) is 0 Å². The van der Waals surface area contributed by atoms with Gasteiger partial charge in [0.25, 0.3) is 5.89 Å². The molecule has 0 radical (unpaired) electrons. The highest BCUT2D eigenvalue weighted by atomic mass is 16.5. The van der Waals surface area contributed by atoms with Crippen LogP contribution in [0, 0.1) is 0 Å². The Morgan fingerprint density at radius 1 is 1.12 bits per heavy atom. The predicted octanol–water partition coefficient (Wildman–Crippen LogP) is 5.29. The topological polar surface area (TPSA) is 77.0 Å². The molecule has 170 valence electrons. The Balaban J connectivity index is 1.43. The number of rotatable bonds is 8. The minimum atomic E-state index is 0.528. The summed E-state index contributed by atoms with van der Waals surface area (Å²) in [7, 11) is 0. The van der Waals surface area contributed by atoms with Crippen LogP contribution >= 0.6 is 0 Å². The van der Waals surface area contributed by atoms with E-state index in [4.69, 9.17) is 9.51 Å². The minimum absolute atomic E-state index is 0.528. The summed E-state index contributed by atoms with van der Waals surface area (Å²) in [6, 6.07) is 12.5. The largest absolute Gasteiger partial charge is 0.371 e. The zero-order valence-corrected chi connectivity index (χ0v) is 19.0. The van der Waals surface area contributed by atoms with Gasteiger partial charge < -0.3 is 14.2 Å². The molecule has 7 nitrogen and oxygen atoms in total. The zero-order chi connectivity index (χ0) is 22.6. The minimum Gasteiger partial charge on any atom is -0.371 e. The Hall–Kier alpha value is -3.48. The van der Waals surface area contributed by atoms with Crippen molar-refractivity contribution in [2.75, 3.05) is 18.0 Å². The number of aryl methyl sites for hydroxylation is 2. The van der Waals surface area contributed by atoms with Crippen molar-refractivity contribution in [2.24, 2.45) is 0 Å². The van der Waals surface area contributed by atoms with Gasteiger partial charge in [0, 0.05) is 48.3 Å². The van der Waals surface area contributed by atoms with Crippen LogP contribution in [-0.2, 0) is 17.8 Å². The van der Waals surface area contributed by atoms with Crippen LogP contribution in [0.15, 0.2) is 47.1 Å². The van der Waals surface area contributed by atoms with Gasteiger partial charge in [-0.05, 0) is 61.9 Å². The summed E-state index contributed by atoms with van der Waals surface area (Å²) in [6.45, 7) is 5.15. The third-order valence-electron chi connectivity index (χ3n) is 6.45. The average Bonchev–Trinajstić information content (AvgIpc) is 3.52. The van der Waals surface area contributed by atoms with Gasteiger partial charge in [-0.25, -0.2) is 0 Å². The highest BCUT2D eigenvalue weighted by Crippen LogP contribution is 2.32. The summed E-state index contributed by atoms with van der Waals surface area (Å²) in [6.07, 6.45) is 8.89. The van der Waals surface area contributed by atoms with Crippen molar-refractivity contribution in [2.45, 2.75) is 52.0 Å². The Kier molecular flexibility index (Phi) is 6.19. The fraction of sp³-hybridized carbons (Fsp3) is 0.385. The number of carbonyl (C=O) groups excluding carboxylic acids is 1. The van der Waals surface area contributed by atoms with Crippen molar-refractivity contribution < 1.29 is 9.32 Å². The van der Waals surface area contributed by atoms with Crippen molar-refractivity contribution in [3.63, 3.8) is 0 Å². The van der Waals surface area contributed by atoms with E-state index in [1.807, 2.05) is 29.1 Å². The number of aldehydes is 1. The van der Waals surface area contributed by atoms with Crippen LogP contribution in [-0.4, -0.2) is 39.3 Å². The Morgan fingerprint density at radius 2 is 2.00 bits per heavy atom. The Labute approximate surface area is 193 Å². The molecule has 1 aliphatic heterocycles. The molecule has 2 aromatic heterocycles. The van der Waals surface area contributed by atoms with Crippen molar-refractivity contribution in [1.82, 2.24) is 19.9 Å². The van der Waals surface area contributed by atoms with Crippen LogP contribution in [0.25, 0.3) is 33.7 Å². The van der Waals surface area contributed by atoms with Crippen LogP contribution in [0.4, 0.5) is 5.69 Å². The van der Waals surface area contributed by atoms with Crippen molar-refractivity contribution in [3.05, 3.63) is 48.2 Å². The first-order valence-corrected chi connectivity index (χ1v) is 11.9. The first-order valence-electron chi connectivity index (χ1n) is 11.9. The molecule has 1 fully saturated rings. The molecule has 0 aliphatic carbocycles. The molecule has 0 spiro atoms. The number of anilines is 1. The van der Waals surface area contributed by atoms with Crippen molar-refractivity contribution >= 4 is 22.9 Å². The molecule has 0 bridgehead atoms. The number of hydrogen-bond donors (Lipinski definition) is 0. The van der Waals surface area contributed by atoms with E-state index in [-0.39, 0.29) is 0 Å². The molecular formula is C26H29N5O2. The third-order valence-corrected chi connectivity index (χ3v) is 6.45. The fourth-order valence-electron chi connectivity index (χ4n) is 4.70. The Morgan fingerprint density at radius 3 is 2.82 bits per heavy atom. The quantitative estimate of drug-likeness (QED) is 0.272. The smallest absolute Gasteiger partial charge is 0.258 e. The van der Waals surface area contributed by atoms with Gasteiger partial charge in [0.2, 0.25) is 5.82 Å². The SMILES string of the molecule is CCc1cc(-c2nc(-c3cccc4c3cnn4CCCC=O)no2)ccc1N1CCCCC1. The number of hydrogen-bond acceptors (Lipinski definition) is 6. The average molecular weight is 444 g/mol. The summed E-state index contributed by atoms with van der Waals surface area (Å²) in [5.41, 5.74) is 5.48. The standard InChI is InChI=1S/C26H29N5O2/c1-2-19-17-20(11-12-23(19)30-13-4-3-5-14-30)26-28-25(29-33-26)21-9-8-10-24-22(21)18-27-31(24)15-6-7-16-32/h8-12,16-18H,2-7,13-15H2,1H3. The van der Waals surface area contributed by atoms with E-state index in [2.05, 4.69) is 40.3 Å². The van der Waals surface area contributed by atoms with E-state index >= 15 is 0 Å². The van der Waals surface area contributed by atoms with Crippen LogP contribution in [0.3, 0.4) is 0 Å². The summed E-state index contributed by atoms with van der Waals surface area (Å²) >= 11 is 0. The van der Waals surface area contributed by atoms with Gasteiger partial charge in [0.1, 0.15) is 6.29 Å². The number of benzene rings is 2. The fourth-order valence-corrected chi connectivity index (χ4v) is 4.70. The van der Waals surface area contributed by atoms with Crippen LogP contribution in [0.5, 0.6) is 0 Å². The molecule has 0 amide bonds. The zero-order valence-electron chi connectivity index (χ0n) is 19.0. The molecule has 0 unspecified atom stereocenters. The lowest BCUT2D eigenvalue weighted by Crippen LogP contribution is -2.30. The molecule has 4 aromatic rings. The molecule has 0 saturated carbocycles. The summed E-state index contributed by atoms with van der Waals surface area (Å²) < 4.78 is 7.61. The van der Waals surface area contributed by atoms with E-state index < -0.39 is 0 Å². The lowest BCUT2D eigenvalue weighted by atomic mass is 10.0. The maximum absolute atomic E-state index is 10.6. The number of carbonyl (C=O) groups is 1. The van der Waals surface area contributed by atoms with Gasteiger partial charge in [-0.1, -0.05) is 24.2 Å². The molecule has 3 heterocycles. The van der Waals surface area contributed by atoms with E-state index in [0.717, 1.165) is 54.2 Å². The third kappa shape index (κ3) is 4.27. The van der Waals surface area contributed by atoms with Gasteiger partial charge in [-0.3, -0.25) is 4.68 Å². The number of unbranched alkanes of at least 4 members (excludes halogenated alkanes) is 1. The summed E-state index contributed by atoms with van der Waals surface area (Å²) in [5.74, 6) is 1.08. The number of fused-ring (bicyclic) bond motifs is 1. The second-order valence-corrected chi connectivity index (χ2v) is 8.58. The summed E-state index contributed by atoms with van der Waals surface area (Å²) in [4.78, 5) is 17.9. The van der Waals surface area contributed by atoms with Crippen LogP contribution in [0.2, 0.25) is 0 Å². The normalized spacial score (nSPS) is 14.2. The lowest BCUT2D eigenvalue weighted by molar-refractivity contribution is -0.107. The second-order valence-electron chi connectivity index (χ2n) is 8.58. The summed E-state index contributed by atoms with van der Waals surface area (Å²) in [5, 5.41) is 9.77. The second kappa shape index (κ2) is 9.57. The van der Waals surface area contributed by atoms with Crippen LogP contribution < -0.4 is 4.90 Å². The highest BCUT2D eigenvalue weighted by Gasteiger charge is 2.18. The molecule has 33 heavy (non-hydrogen) atoms. The monoisotopic (exact) mass is 443 g/mol. The first kappa shape index (κ1) is 21.4. The van der Waals surface area contributed by atoms with Gasteiger partial charge in [-0.2, -0.15) is 10.1 Å². The van der Waals surface area contributed by atoms with Gasteiger partial charge in [-0.15, -0.1) is 0 Å². The molecule has 0 N–H and O–H groups in total. The van der Waals surface area contributed by atoms with Crippen molar-refractivity contribution in [1.29, 1.82) is 0 Å². The maximum Gasteiger partial charge on any atom is 0.258 e. The predicted molar refractivity (Wildman–Crippen MR) is 129 cm³/mol. The highest BCUT2D eigenvalue weighted by molar-refractivity contribution is 5.93. The number of nitrogens with zero attached hydrogens (tertiary/aromatic N) is 5. The molecule has 1 saturated heterocycles. The van der Waals surface area contributed by atoms with Gasteiger partial charge in [0.05, 0.1) is 11.7 Å². The lowest BCUT2D eigenvalue weighted by Gasteiger charge is -2.30. The Bertz CT molecular complexity index is 1250. The molecule has 1 aliphatic rings. The molecule has 7 heteroatoms. The molecule has 2 aromatic carbocycles.